The molecule has 0 fully saturated rings. The predicted octanol–water partition coefficient (Wildman–Crippen LogP) is 4.69. The first-order valence-corrected chi connectivity index (χ1v) is 11.1. The monoisotopic (exact) mass is 332 g/mol. The maximum atomic E-state index is 6.90. The predicted molar refractivity (Wildman–Crippen MR) is 100.0 cm³/mol. The normalized spacial score (nSPS) is 21.9. The topological polar surface area (TPSA) is 9.23 Å². The van der Waals surface area contributed by atoms with Crippen molar-refractivity contribution in [1.82, 2.24) is 0 Å². The Balaban J connectivity index is 1.70. The van der Waals surface area contributed by atoms with Crippen LogP contribution in [0.5, 0.6) is 0 Å². The van der Waals surface area contributed by atoms with E-state index in [4.69, 9.17) is 4.12 Å². The van der Waals surface area contributed by atoms with Gasteiger partial charge in [0.15, 0.2) is 0 Å². The summed E-state index contributed by atoms with van der Waals surface area (Å²) in [5.41, 5.74) is 0. The molecule has 4 rings (SSSR count). The molecule has 0 saturated heterocycles. The molecular formula is C20H20OSi2. The van der Waals surface area contributed by atoms with Gasteiger partial charge in [0.05, 0.1) is 0 Å². The van der Waals surface area contributed by atoms with Gasteiger partial charge >= 0.3 is 0 Å². The van der Waals surface area contributed by atoms with Gasteiger partial charge in [0.2, 0.25) is 0 Å². The lowest BCUT2D eigenvalue weighted by molar-refractivity contribution is 0.603. The van der Waals surface area contributed by atoms with Crippen molar-refractivity contribution in [2.75, 3.05) is 0 Å². The Bertz CT molecular complexity index is 668. The largest absolute Gasteiger partial charge is 0.443 e. The van der Waals surface area contributed by atoms with E-state index in [0.29, 0.717) is 9.76 Å². The van der Waals surface area contributed by atoms with Crippen molar-refractivity contribution < 1.29 is 4.12 Å². The van der Waals surface area contributed by atoms with Crippen molar-refractivity contribution in [3.8, 4) is 0 Å². The minimum atomic E-state index is -2.22. The Labute approximate surface area is 141 Å². The fourth-order valence-corrected chi connectivity index (χ4v) is 10.1. The van der Waals surface area contributed by atoms with Crippen LogP contribution in [0.3, 0.4) is 0 Å². The van der Waals surface area contributed by atoms with E-state index in [1.807, 2.05) is 0 Å². The Morgan fingerprint density at radius 1 is 0.652 bits per heavy atom. The van der Waals surface area contributed by atoms with E-state index >= 15 is 0 Å². The second-order valence-corrected chi connectivity index (χ2v) is 11.1. The van der Waals surface area contributed by atoms with E-state index < -0.39 is 8.32 Å². The molecule has 0 unspecified atom stereocenters. The highest BCUT2D eigenvalue weighted by atomic mass is 28.4. The molecule has 0 spiro atoms. The van der Waals surface area contributed by atoms with E-state index in [1.165, 1.54) is 20.8 Å². The number of hydrogen-bond donors (Lipinski definition) is 0. The quantitative estimate of drug-likeness (QED) is 0.641. The Kier molecular flexibility index (Phi) is 4.16. The Morgan fingerprint density at radius 3 is 1.52 bits per heavy atom. The molecule has 3 heteroatoms. The molecule has 0 heterocycles. The summed E-state index contributed by atoms with van der Waals surface area (Å²) in [6.45, 7) is 0. The zero-order chi connectivity index (χ0) is 15.5. The van der Waals surface area contributed by atoms with Crippen LogP contribution in [0.2, 0.25) is 0 Å². The van der Waals surface area contributed by atoms with Crippen molar-refractivity contribution in [3.63, 3.8) is 0 Å². The molecule has 4 aliphatic carbocycles. The second kappa shape index (κ2) is 6.44. The van der Waals surface area contributed by atoms with Gasteiger partial charge in [-0.05, 0) is 41.3 Å². The fourth-order valence-electron chi connectivity index (χ4n) is 3.61. The van der Waals surface area contributed by atoms with Gasteiger partial charge in [-0.15, -0.1) is 0 Å². The summed E-state index contributed by atoms with van der Waals surface area (Å²) in [5, 5.41) is 5.97. The molecule has 1 nitrogen and oxygen atoms in total. The third-order valence-corrected chi connectivity index (χ3v) is 10.9. The standard InChI is InChI=1S/C20H20OSi2/c1-2-10-17(9-1)22-21-23(18-11-3-4-12-18,19-13-5-6-14-19)20-15-7-8-16-20/h1-9,11,13,15H,10,12,14,16H2. The zero-order valence-electron chi connectivity index (χ0n) is 13.2. The summed E-state index contributed by atoms with van der Waals surface area (Å²) >= 11 is 0. The summed E-state index contributed by atoms with van der Waals surface area (Å²) in [4.78, 5) is 0. The second-order valence-electron chi connectivity index (χ2n) is 6.18. The van der Waals surface area contributed by atoms with E-state index in [2.05, 4.69) is 72.9 Å². The van der Waals surface area contributed by atoms with Crippen molar-refractivity contribution in [3.05, 3.63) is 93.7 Å². The maximum Gasteiger partial charge on any atom is 0.266 e. The van der Waals surface area contributed by atoms with Gasteiger partial charge in [-0.1, -0.05) is 78.1 Å². The van der Waals surface area contributed by atoms with Crippen LogP contribution < -0.4 is 0 Å². The molecule has 0 saturated carbocycles. The van der Waals surface area contributed by atoms with Crippen LogP contribution in [0, 0.1) is 0 Å². The molecule has 0 aliphatic heterocycles. The molecule has 2 radical (unpaired) electrons. The summed E-state index contributed by atoms with van der Waals surface area (Å²) in [6.07, 6.45) is 31.1. The highest BCUT2D eigenvalue weighted by molar-refractivity contribution is 6.96. The number of hydrogen-bond acceptors (Lipinski definition) is 1. The van der Waals surface area contributed by atoms with Crippen LogP contribution in [0.4, 0.5) is 0 Å². The summed E-state index contributed by atoms with van der Waals surface area (Å²) in [7, 11) is -1.75. The third-order valence-electron chi connectivity index (χ3n) is 4.78. The van der Waals surface area contributed by atoms with Gasteiger partial charge in [-0.2, -0.15) is 0 Å². The van der Waals surface area contributed by atoms with Gasteiger partial charge in [0.25, 0.3) is 18.1 Å². The molecule has 114 valence electrons. The van der Waals surface area contributed by atoms with Crippen LogP contribution in [0.25, 0.3) is 0 Å². The average molecular weight is 333 g/mol. The molecule has 0 N–H and O–H groups in total. The first kappa shape index (κ1) is 14.9. The molecule has 0 aromatic heterocycles. The lowest BCUT2D eigenvalue weighted by atomic mass is 10.4. The van der Waals surface area contributed by atoms with E-state index in [0.717, 1.165) is 25.7 Å². The Morgan fingerprint density at radius 2 is 1.13 bits per heavy atom. The van der Waals surface area contributed by atoms with Crippen LogP contribution in [-0.4, -0.2) is 18.1 Å². The molecule has 0 atom stereocenters. The van der Waals surface area contributed by atoms with Crippen molar-refractivity contribution in [2.24, 2.45) is 0 Å². The summed E-state index contributed by atoms with van der Waals surface area (Å²) < 4.78 is 6.90. The van der Waals surface area contributed by atoms with Crippen LogP contribution in [0.1, 0.15) is 25.7 Å². The summed E-state index contributed by atoms with van der Waals surface area (Å²) in [5.74, 6) is 0. The van der Waals surface area contributed by atoms with Crippen molar-refractivity contribution >= 4 is 18.1 Å². The molecule has 0 aromatic carbocycles. The molecule has 0 bridgehead atoms. The lowest BCUT2D eigenvalue weighted by Crippen LogP contribution is -2.47. The average Bonchev–Trinajstić information content (AvgIpc) is 3.35. The summed E-state index contributed by atoms with van der Waals surface area (Å²) in [6, 6.07) is 0. The van der Waals surface area contributed by atoms with E-state index in [1.54, 1.807) is 0 Å². The first-order valence-electron chi connectivity index (χ1n) is 8.28. The van der Waals surface area contributed by atoms with Gasteiger partial charge in [0, 0.05) is 0 Å². The molecule has 4 aliphatic rings. The highest BCUT2D eigenvalue weighted by Crippen LogP contribution is 2.42. The van der Waals surface area contributed by atoms with Crippen LogP contribution >= 0.6 is 0 Å². The zero-order valence-corrected chi connectivity index (χ0v) is 15.2. The van der Waals surface area contributed by atoms with Gasteiger partial charge < -0.3 is 4.12 Å². The first-order chi connectivity index (χ1) is 11.4. The smallest absolute Gasteiger partial charge is 0.266 e. The van der Waals surface area contributed by atoms with Gasteiger partial charge in [0.1, 0.15) is 0 Å². The lowest BCUT2D eigenvalue weighted by Gasteiger charge is -2.36. The molecule has 0 aromatic rings. The van der Waals surface area contributed by atoms with Gasteiger partial charge in [-0.3, -0.25) is 0 Å². The number of rotatable bonds is 6. The molecule has 23 heavy (non-hydrogen) atoms. The highest BCUT2D eigenvalue weighted by Gasteiger charge is 2.46. The van der Waals surface area contributed by atoms with E-state index in [9.17, 15) is 0 Å². The third kappa shape index (κ3) is 2.69. The van der Waals surface area contributed by atoms with Crippen molar-refractivity contribution in [1.29, 1.82) is 0 Å². The fraction of sp³-hybridized carbons (Fsp3) is 0.200. The molecule has 0 amide bonds. The van der Waals surface area contributed by atoms with Crippen molar-refractivity contribution in [2.45, 2.75) is 25.7 Å². The Hall–Kier alpha value is -1.69. The molecular weight excluding hydrogens is 312 g/mol. The minimum absolute atomic E-state index is 0.472. The number of allylic oxidation sites excluding steroid dienone is 16. The van der Waals surface area contributed by atoms with Gasteiger partial charge in [-0.25, -0.2) is 0 Å². The minimum Gasteiger partial charge on any atom is -0.443 e. The SMILES string of the molecule is C1=CCC([Si]O[Si](C2=CC=CC2)(C2=CC=CC2)C2=CC=CC2)=C1. The van der Waals surface area contributed by atoms with Crippen LogP contribution in [0.15, 0.2) is 93.7 Å². The van der Waals surface area contributed by atoms with E-state index in [-0.39, 0.29) is 0 Å². The van der Waals surface area contributed by atoms with Crippen LogP contribution in [-0.2, 0) is 4.12 Å². The maximum absolute atomic E-state index is 6.90.